The molecule has 0 radical (unpaired) electrons. The summed E-state index contributed by atoms with van der Waals surface area (Å²) in [6.07, 6.45) is 0.699. The average Bonchev–Trinajstić information content (AvgIpc) is 2.51. The number of rotatable bonds is 3. The van der Waals surface area contributed by atoms with Crippen molar-refractivity contribution in [2.24, 2.45) is 0 Å². The number of ether oxygens (including phenoxy) is 1. The Labute approximate surface area is 137 Å². The zero-order chi connectivity index (χ0) is 16.6. The normalized spacial score (nSPS) is 14.5. The standard InChI is InChI=1S/C15H17N3O4S/c1-22-12-5-8(4-11(19)13(12)20)6-18-3-2-10-9(7-18)14(21)17-15(23)16-10/h4-5,19-20H,2-3,6-7H2,1H3,(H2,16,17,21,23). The molecule has 0 atom stereocenters. The Morgan fingerprint density at radius 1 is 1.35 bits per heavy atom. The van der Waals surface area contributed by atoms with E-state index in [9.17, 15) is 15.0 Å². The number of methoxy groups -OCH3 is 1. The van der Waals surface area contributed by atoms with E-state index in [1.165, 1.54) is 13.2 Å². The van der Waals surface area contributed by atoms with E-state index in [0.29, 0.717) is 29.8 Å². The van der Waals surface area contributed by atoms with Crippen molar-refractivity contribution in [1.82, 2.24) is 14.9 Å². The van der Waals surface area contributed by atoms with Crippen molar-refractivity contribution in [3.8, 4) is 17.2 Å². The molecule has 2 heterocycles. The van der Waals surface area contributed by atoms with Crippen LogP contribution in [0.1, 0.15) is 16.8 Å². The summed E-state index contributed by atoms with van der Waals surface area (Å²) in [5, 5.41) is 19.4. The Kier molecular flexibility index (Phi) is 4.10. The molecule has 4 N–H and O–H groups in total. The second-order valence-electron chi connectivity index (χ2n) is 5.49. The number of H-pyrrole nitrogens is 2. The number of nitrogens with one attached hydrogen (secondary N) is 2. The molecule has 0 saturated carbocycles. The van der Waals surface area contributed by atoms with Gasteiger partial charge in [-0.15, -0.1) is 0 Å². The Hall–Kier alpha value is -2.32. The molecule has 0 saturated heterocycles. The van der Waals surface area contributed by atoms with Crippen LogP contribution in [0, 0.1) is 4.77 Å². The minimum atomic E-state index is -0.274. The van der Waals surface area contributed by atoms with Crippen molar-refractivity contribution in [3.63, 3.8) is 0 Å². The monoisotopic (exact) mass is 335 g/mol. The number of aromatic amines is 2. The summed E-state index contributed by atoms with van der Waals surface area (Å²) >= 11 is 4.98. The number of aromatic nitrogens is 2. The molecular weight excluding hydrogens is 318 g/mol. The van der Waals surface area contributed by atoms with E-state index < -0.39 is 0 Å². The molecule has 0 fully saturated rings. The molecule has 0 amide bonds. The topological polar surface area (TPSA) is 102 Å². The van der Waals surface area contributed by atoms with Gasteiger partial charge in [-0.25, -0.2) is 0 Å². The Balaban J connectivity index is 1.84. The molecule has 1 aromatic heterocycles. The van der Waals surface area contributed by atoms with E-state index in [2.05, 4.69) is 14.9 Å². The van der Waals surface area contributed by atoms with Gasteiger partial charge in [-0.05, 0) is 29.9 Å². The molecule has 23 heavy (non-hydrogen) atoms. The highest BCUT2D eigenvalue weighted by Gasteiger charge is 2.20. The molecule has 7 nitrogen and oxygen atoms in total. The number of aromatic hydroxyl groups is 2. The number of fused-ring (bicyclic) bond motifs is 1. The third-order valence-electron chi connectivity index (χ3n) is 3.93. The summed E-state index contributed by atoms with van der Waals surface area (Å²) in [6.45, 7) is 1.77. The highest BCUT2D eigenvalue weighted by molar-refractivity contribution is 7.71. The lowest BCUT2D eigenvalue weighted by Crippen LogP contribution is -2.35. The zero-order valence-electron chi connectivity index (χ0n) is 12.5. The number of phenolic OH excluding ortho intramolecular Hbond substituents is 2. The minimum Gasteiger partial charge on any atom is -0.504 e. The van der Waals surface area contributed by atoms with Crippen LogP contribution in [0.25, 0.3) is 0 Å². The molecule has 0 bridgehead atoms. The molecule has 1 aromatic carbocycles. The molecule has 122 valence electrons. The lowest BCUT2D eigenvalue weighted by Gasteiger charge is -2.28. The van der Waals surface area contributed by atoms with Gasteiger partial charge < -0.3 is 19.9 Å². The highest BCUT2D eigenvalue weighted by Crippen LogP contribution is 2.36. The van der Waals surface area contributed by atoms with Gasteiger partial charge in [0.05, 0.1) is 12.7 Å². The van der Waals surface area contributed by atoms with Crippen molar-refractivity contribution < 1.29 is 14.9 Å². The van der Waals surface area contributed by atoms with Crippen LogP contribution in [0.2, 0.25) is 0 Å². The molecular formula is C15H17N3O4S. The average molecular weight is 335 g/mol. The minimum absolute atomic E-state index is 0.167. The van der Waals surface area contributed by atoms with Crippen LogP contribution in [-0.4, -0.2) is 38.7 Å². The van der Waals surface area contributed by atoms with Gasteiger partial charge in [0, 0.05) is 31.7 Å². The van der Waals surface area contributed by atoms with Gasteiger partial charge in [0.15, 0.2) is 16.3 Å². The Morgan fingerprint density at radius 2 is 2.13 bits per heavy atom. The van der Waals surface area contributed by atoms with Crippen LogP contribution >= 0.6 is 12.2 Å². The summed E-state index contributed by atoms with van der Waals surface area (Å²) in [5.41, 5.74) is 2.18. The number of nitrogens with zero attached hydrogens (tertiary/aromatic N) is 1. The predicted molar refractivity (Wildman–Crippen MR) is 86.4 cm³/mol. The lowest BCUT2D eigenvalue weighted by molar-refractivity contribution is 0.240. The van der Waals surface area contributed by atoms with E-state index in [0.717, 1.165) is 17.8 Å². The van der Waals surface area contributed by atoms with Crippen molar-refractivity contribution in [3.05, 3.63) is 44.1 Å². The molecule has 3 rings (SSSR count). The van der Waals surface area contributed by atoms with Crippen LogP contribution in [0.15, 0.2) is 16.9 Å². The summed E-state index contributed by atoms with van der Waals surface area (Å²) in [5.74, 6) is -0.276. The summed E-state index contributed by atoms with van der Waals surface area (Å²) in [4.78, 5) is 19.7. The summed E-state index contributed by atoms with van der Waals surface area (Å²) < 4.78 is 5.39. The van der Waals surface area contributed by atoms with Gasteiger partial charge in [0.2, 0.25) is 5.75 Å². The maximum Gasteiger partial charge on any atom is 0.256 e. The van der Waals surface area contributed by atoms with Crippen molar-refractivity contribution in [2.75, 3.05) is 13.7 Å². The van der Waals surface area contributed by atoms with Gasteiger partial charge in [0.25, 0.3) is 5.56 Å². The third kappa shape index (κ3) is 3.08. The van der Waals surface area contributed by atoms with Gasteiger partial charge in [0.1, 0.15) is 0 Å². The molecule has 8 heteroatoms. The van der Waals surface area contributed by atoms with Crippen LogP contribution in [0.3, 0.4) is 0 Å². The Morgan fingerprint density at radius 3 is 2.87 bits per heavy atom. The largest absolute Gasteiger partial charge is 0.504 e. The first kappa shape index (κ1) is 15.6. The molecule has 0 aliphatic carbocycles. The highest BCUT2D eigenvalue weighted by atomic mass is 32.1. The fourth-order valence-electron chi connectivity index (χ4n) is 2.80. The van der Waals surface area contributed by atoms with Gasteiger partial charge in [-0.3, -0.25) is 14.7 Å². The number of phenols is 2. The SMILES string of the molecule is COc1cc(CN2CCc3[nH]c(=S)[nH]c(=O)c3C2)cc(O)c1O. The van der Waals surface area contributed by atoms with Gasteiger partial charge in [-0.2, -0.15) is 0 Å². The summed E-state index contributed by atoms with van der Waals surface area (Å²) in [7, 11) is 1.43. The van der Waals surface area contributed by atoms with Crippen LogP contribution in [-0.2, 0) is 19.5 Å². The fraction of sp³-hybridized carbons (Fsp3) is 0.333. The molecule has 0 unspecified atom stereocenters. The maximum atomic E-state index is 12.0. The first-order valence-corrected chi connectivity index (χ1v) is 7.54. The lowest BCUT2D eigenvalue weighted by atomic mass is 10.1. The van der Waals surface area contributed by atoms with Crippen molar-refractivity contribution >= 4 is 12.2 Å². The number of hydrogen-bond donors (Lipinski definition) is 4. The Bertz CT molecular complexity index is 859. The zero-order valence-corrected chi connectivity index (χ0v) is 13.4. The van der Waals surface area contributed by atoms with E-state index in [1.807, 2.05) is 0 Å². The van der Waals surface area contributed by atoms with E-state index >= 15 is 0 Å². The first-order valence-electron chi connectivity index (χ1n) is 7.13. The second-order valence-corrected chi connectivity index (χ2v) is 5.90. The second kappa shape index (κ2) is 6.05. The quantitative estimate of drug-likeness (QED) is 0.500. The fourth-order valence-corrected chi connectivity index (χ4v) is 3.02. The van der Waals surface area contributed by atoms with Crippen LogP contribution in [0.4, 0.5) is 0 Å². The van der Waals surface area contributed by atoms with E-state index in [-0.39, 0.29) is 22.8 Å². The first-order chi connectivity index (χ1) is 11.0. The number of benzene rings is 1. The van der Waals surface area contributed by atoms with Crippen molar-refractivity contribution in [1.29, 1.82) is 0 Å². The van der Waals surface area contributed by atoms with Crippen LogP contribution in [0.5, 0.6) is 17.2 Å². The maximum absolute atomic E-state index is 12.0. The van der Waals surface area contributed by atoms with Crippen LogP contribution < -0.4 is 10.3 Å². The molecule has 2 aromatic rings. The van der Waals surface area contributed by atoms with Gasteiger partial charge >= 0.3 is 0 Å². The molecule has 1 aliphatic heterocycles. The molecule has 0 spiro atoms. The summed E-state index contributed by atoms with van der Waals surface area (Å²) in [6, 6.07) is 3.17. The van der Waals surface area contributed by atoms with Gasteiger partial charge in [-0.1, -0.05) is 0 Å². The van der Waals surface area contributed by atoms with Crippen molar-refractivity contribution in [2.45, 2.75) is 19.5 Å². The smallest absolute Gasteiger partial charge is 0.256 e. The third-order valence-corrected chi connectivity index (χ3v) is 4.13. The van der Waals surface area contributed by atoms with E-state index in [4.69, 9.17) is 17.0 Å². The predicted octanol–water partition coefficient (Wildman–Crippen LogP) is 1.41. The van der Waals surface area contributed by atoms with E-state index in [1.54, 1.807) is 6.07 Å². The molecule has 1 aliphatic rings. The number of hydrogen-bond acceptors (Lipinski definition) is 6.